The molecule has 2 aromatic rings. The predicted octanol–water partition coefficient (Wildman–Crippen LogP) is 4.02. The summed E-state index contributed by atoms with van der Waals surface area (Å²) >= 11 is 0. The number of amides is 2. The molecule has 0 unspecified atom stereocenters. The molecule has 5 nitrogen and oxygen atoms in total. The largest absolute Gasteiger partial charge is 0.492 e. The minimum absolute atomic E-state index is 0.195. The predicted molar refractivity (Wildman–Crippen MR) is 95.8 cm³/mol. The fraction of sp³-hybridized carbons (Fsp3) is 0.316. The number of rotatable bonds is 8. The van der Waals surface area contributed by atoms with E-state index in [4.69, 9.17) is 9.47 Å². The number of benzene rings is 2. The Labute approximate surface area is 143 Å². The molecule has 2 aromatic carbocycles. The first-order valence-corrected chi connectivity index (χ1v) is 8.12. The van der Waals surface area contributed by atoms with Gasteiger partial charge in [-0.2, -0.15) is 0 Å². The Kier molecular flexibility index (Phi) is 6.95. The number of likely N-dealkylation sites (N-methyl/N-ethyl adjacent to an activating group) is 1. The van der Waals surface area contributed by atoms with Gasteiger partial charge >= 0.3 is 6.03 Å². The van der Waals surface area contributed by atoms with E-state index in [0.29, 0.717) is 31.2 Å². The van der Waals surface area contributed by atoms with E-state index in [2.05, 4.69) is 5.32 Å². The molecule has 128 valence electrons. The van der Waals surface area contributed by atoms with Crippen LogP contribution in [-0.2, 0) is 0 Å². The Morgan fingerprint density at radius 3 is 2.46 bits per heavy atom. The molecule has 0 radical (unpaired) electrons. The molecule has 2 amide bonds. The Balaban J connectivity index is 1.83. The summed E-state index contributed by atoms with van der Waals surface area (Å²) in [5.41, 5.74) is 0.673. The number of hydrogen-bond acceptors (Lipinski definition) is 3. The van der Waals surface area contributed by atoms with Crippen LogP contribution < -0.4 is 14.8 Å². The third kappa shape index (κ3) is 5.50. The molecule has 0 fully saturated rings. The molecule has 0 saturated carbocycles. The quantitative estimate of drug-likeness (QED) is 0.796. The monoisotopic (exact) mass is 328 g/mol. The summed E-state index contributed by atoms with van der Waals surface area (Å²) in [5, 5.41) is 2.87. The first-order valence-electron chi connectivity index (χ1n) is 8.12. The highest BCUT2D eigenvalue weighted by molar-refractivity contribution is 5.90. The van der Waals surface area contributed by atoms with Crippen molar-refractivity contribution in [3.05, 3.63) is 54.6 Å². The van der Waals surface area contributed by atoms with Gasteiger partial charge in [0, 0.05) is 7.05 Å². The van der Waals surface area contributed by atoms with Crippen molar-refractivity contribution >= 4 is 11.7 Å². The van der Waals surface area contributed by atoms with Gasteiger partial charge in [0.2, 0.25) is 0 Å². The zero-order valence-corrected chi connectivity index (χ0v) is 14.2. The van der Waals surface area contributed by atoms with Gasteiger partial charge < -0.3 is 19.7 Å². The fourth-order valence-corrected chi connectivity index (χ4v) is 2.04. The SMILES string of the molecule is CCCOc1ccccc1NC(=O)N(C)CCOc1ccccc1. The van der Waals surface area contributed by atoms with Gasteiger partial charge in [-0.1, -0.05) is 37.3 Å². The lowest BCUT2D eigenvalue weighted by Crippen LogP contribution is -2.34. The maximum absolute atomic E-state index is 12.3. The molecule has 0 aliphatic heterocycles. The molecule has 0 aromatic heterocycles. The number of ether oxygens (including phenoxy) is 2. The average molecular weight is 328 g/mol. The van der Waals surface area contributed by atoms with Gasteiger partial charge in [-0.05, 0) is 30.7 Å². The van der Waals surface area contributed by atoms with Crippen molar-refractivity contribution in [1.82, 2.24) is 4.90 Å². The second kappa shape index (κ2) is 9.45. The summed E-state index contributed by atoms with van der Waals surface area (Å²) in [6.45, 7) is 3.58. The standard InChI is InChI=1S/C19H24N2O3/c1-3-14-24-18-12-8-7-11-17(18)20-19(22)21(2)13-15-23-16-9-5-4-6-10-16/h4-12H,3,13-15H2,1-2H3,(H,20,22). The number of nitrogens with one attached hydrogen (secondary N) is 1. The Bertz CT molecular complexity index is 632. The number of para-hydroxylation sites is 3. The highest BCUT2D eigenvalue weighted by Gasteiger charge is 2.11. The normalized spacial score (nSPS) is 10.1. The van der Waals surface area contributed by atoms with E-state index in [0.717, 1.165) is 12.2 Å². The van der Waals surface area contributed by atoms with Gasteiger partial charge in [0.05, 0.1) is 18.8 Å². The lowest BCUT2D eigenvalue weighted by atomic mass is 10.3. The van der Waals surface area contributed by atoms with Crippen molar-refractivity contribution in [1.29, 1.82) is 0 Å². The number of hydrogen-bond donors (Lipinski definition) is 1. The Morgan fingerprint density at radius 1 is 1.00 bits per heavy atom. The van der Waals surface area contributed by atoms with Crippen LogP contribution in [0.5, 0.6) is 11.5 Å². The molecule has 5 heteroatoms. The van der Waals surface area contributed by atoms with Crippen LogP contribution in [0, 0.1) is 0 Å². The van der Waals surface area contributed by atoms with Gasteiger partial charge in [-0.3, -0.25) is 0 Å². The molecule has 0 aliphatic rings. The molecule has 0 bridgehead atoms. The van der Waals surface area contributed by atoms with E-state index in [-0.39, 0.29) is 6.03 Å². The lowest BCUT2D eigenvalue weighted by Gasteiger charge is -2.19. The molecule has 2 rings (SSSR count). The zero-order chi connectivity index (χ0) is 17.2. The second-order valence-corrected chi connectivity index (χ2v) is 5.36. The first kappa shape index (κ1) is 17.7. The zero-order valence-electron chi connectivity index (χ0n) is 14.2. The third-order valence-electron chi connectivity index (χ3n) is 3.38. The van der Waals surface area contributed by atoms with E-state index in [9.17, 15) is 4.79 Å². The van der Waals surface area contributed by atoms with Crippen molar-refractivity contribution in [3.8, 4) is 11.5 Å². The van der Waals surface area contributed by atoms with Gasteiger partial charge in [-0.25, -0.2) is 4.79 Å². The van der Waals surface area contributed by atoms with Crippen LogP contribution in [0.3, 0.4) is 0 Å². The summed E-state index contributed by atoms with van der Waals surface area (Å²) in [6.07, 6.45) is 0.916. The van der Waals surface area contributed by atoms with Crippen LogP contribution in [0.2, 0.25) is 0 Å². The molecule has 0 heterocycles. The Hall–Kier alpha value is -2.69. The van der Waals surface area contributed by atoms with Crippen LogP contribution in [-0.4, -0.2) is 37.7 Å². The summed E-state index contributed by atoms with van der Waals surface area (Å²) in [5.74, 6) is 1.48. The van der Waals surface area contributed by atoms with Crippen molar-refractivity contribution in [2.24, 2.45) is 0 Å². The molecule has 1 N–H and O–H groups in total. The highest BCUT2D eigenvalue weighted by atomic mass is 16.5. The molecule has 0 saturated heterocycles. The molecule has 0 spiro atoms. The number of urea groups is 1. The Morgan fingerprint density at radius 2 is 1.71 bits per heavy atom. The number of nitrogens with zero attached hydrogens (tertiary/aromatic N) is 1. The summed E-state index contributed by atoms with van der Waals surface area (Å²) in [6, 6.07) is 16.8. The van der Waals surface area contributed by atoms with Gasteiger partial charge in [-0.15, -0.1) is 0 Å². The van der Waals surface area contributed by atoms with Gasteiger partial charge in [0.1, 0.15) is 18.1 Å². The minimum Gasteiger partial charge on any atom is -0.492 e. The smallest absolute Gasteiger partial charge is 0.321 e. The van der Waals surface area contributed by atoms with Crippen molar-refractivity contribution in [2.75, 3.05) is 32.1 Å². The molecular formula is C19H24N2O3. The van der Waals surface area contributed by atoms with Crippen molar-refractivity contribution < 1.29 is 14.3 Å². The van der Waals surface area contributed by atoms with Crippen molar-refractivity contribution in [3.63, 3.8) is 0 Å². The summed E-state index contributed by atoms with van der Waals surface area (Å²) < 4.78 is 11.3. The maximum atomic E-state index is 12.3. The first-order chi connectivity index (χ1) is 11.7. The number of anilines is 1. The van der Waals surface area contributed by atoms with Crippen LogP contribution in [0.15, 0.2) is 54.6 Å². The van der Waals surface area contributed by atoms with Crippen LogP contribution in [0.25, 0.3) is 0 Å². The molecular weight excluding hydrogens is 304 g/mol. The van der Waals surface area contributed by atoms with Gasteiger partial charge in [0.25, 0.3) is 0 Å². The average Bonchev–Trinajstić information content (AvgIpc) is 2.61. The molecule has 0 atom stereocenters. The van der Waals surface area contributed by atoms with Crippen LogP contribution >= 0.6 is 0 Å². The van der Waals surface area contributed by atoms with Crippen LogP contribution in [0.4, 0.5) is 10.5 Å². The van der Waals surface area contributed by atoms with E-state index in [1.807, 2.05) is 61.5 Å². The highest BCUT2D eigenvalue weighted by Crippen LogP contribution is 2.24. The second-order valence-electron chi connectivity index (χ2n) is 5.36. The molecule has 24 heavy (non-hydrogen) atoms. The third-order valence-corrected chi connectivity index (χ3v) is 3.38. The van der Waals surface area contributed by atoms with Crippen molar-refractivity contribution in [2.45, 2.75) is 13.3 Å². The van der Waals surface area contributed by atoms with E-state index < -0.39 is 0 Å². The van der Waals surface area contributed by atoms with Crippen LogP contribution in [0.1, 0.15) is 13.3 Å². The summed E-state index contributed by atoms with van der Waals surface area (Å²) in [4.78, 5) is 13.9. The minimum atomic E-state index is -0.195. The van der Waals surface area contributed by atoms with E-state index in [1.165, 1.54) is 0 Å². The van der Waals surface area contributed by atoms with E-state index in [1.54, 1.807) is 11.9 Å². The summed E-state index contributed by atoms with van der Waals surface area (Å²) in [7, 11) is 1.74. The van der Waals surface area contributed by atoms with Gasteiger partial charge in [0.15, 0.2) is 0 Å². The topological polar surface area (TPSA) is 50.8 Å². The lowest BCUT2D eigenvalue weighted by molar-refractivity contribution is 0.207. The number of carbonyl (C=O) groups excluding carboxylic acids is 1. The fourth-order valence-electron chi connectivity index (χ4n) is 2.04. The number of carbonyl (C=O) groups is 1. The van der Waals surface area contributed by atoms with E-state index >= 15 is 0 Å². The molecule has 0 aliphatic carbocycles. The maximum Gasteiger partial charge on any atom is 0.321 e.